The molecule has 1 aromatic rings. The van der Waals surface area contributed by atoms with E-state index in [-0.39, 0.29) is 16.7 Å². The smallest absolute Gasteiger partial charge is 0.233 e. The molecule has 2 rings (SSSR count). The van der Waals surface area contributed by atoms with Crippen molar-refractivity contribution in [2.24, 2.45) is 0 Å². The Morgan fingerprint density at radius 3 is 2.81 bits per heavy atom. The number of hydrogen-bond donors (Lipinski definition) is 1. The first-order chi connectivity index (χ1) is 9.88. The van der Waals surface area contributed by atoms with Crippen molar-refractivity contribution in [2.75, 3.05) is 25.4 Å². The van der Waals surface area contributed by atoms with Crippen molar-refractivity contribution in [3.8, 4) is 0 Å². The number of amides is 1. The number of halogens is 1. The Morgan fingerprint density at radius 1 is 1.43 bits per heavy atom. The normalized spacial score (nSPS) is 19.6. The molecule has 1 aliphatic rings. The summed E-state index contributed by atoms with van der Waals surface area (Å²) < 4.78 is 0.101. The lowest BCUT2D eigenvalue weighted by Crippen LogP contribution is -2.49. The lowest BCUT2D eigenvalue weighted by atomic mass is 10.0. The maximum atomic E-state index is 12.6. The summed E-state index contributed by atoms with van der Waals surface area (Å²) in [6, 6.07) is 7.82. The summed E-state index contributed by atoms with van der Waals surface area (Å²) in [5.41, 5.74) is 1.03. The van der Waals surface area contributed by atoms with Gasteiger partial charge in [0.15, 0.2) is 0 Å². The zero-order valence-electron chi connectivity index (χ0n) is 12.9. The van der Waals surface area contributed by atoms with Crippen molar-refractivity contribution in [3.05, 3.63) is 34.9 Å². The molecule has 21 heavy (non-hydrogen) atoms. The summed E-state index contributed by atoms with van der Waals surface area (Å²) in [5.74, 6) is 0.714. The van der Waals surface area contributed by atoms with Crippen LogP contribution in [0.5, 0.6) is 0 Å². The fourth-order valence-electron chi connectivity index (χ4n) is 2.39. The van der Waals surface area contributed by atoms with Crippen molar-refractivity contribution < 1.29 is 4.79 Å². The van der Waals surface area contributed by atoms with Gasteiger partial charge in [-0.2, -0.15) is 0 Å². The number of piperazine rings is 1. The Labute approximate surface area is 136 Å². The summed E-state index contributed by atoms with van der Waals surface area (Å²) in [5, 5.41) is 4.09. The molecular formula is C16H23ClN2OS. The maximum Gasteiger partial charge on any atom is 0.233 e. The lowest BCUT2D eigenvalue weighted by Gasteiger charge is -2.37. The Hall–Kier alpha value is -0.710. The van der Waals surface area contributed by atoms with E-state index < -0.39 is 0 Å². The van der Waals surface area contributed by atoms with E-state index in [4.69, 9.17) is 11.6 Å². The van der Waals surface area contributed by atoms with Crippen LogP contribution < -0.4 is 5.32 Å². The van der Waals surface area contributed by atoms with Crippen molar-refractivity contribution in [1.82, 2.24) is 10.2 Å². The van der Waals surface area contributed by atoms with Gasteiger partial charge in [-0.05, 0) is 11.6 Å². The second-order valence-electron chi connectivity index (χ2n) is 6.23. The molecule has 5 heteroatoms. The molecular weight excluding hydrogens is 304 g/mol. The number of carbonyl (C=O) groups is 1. The third-order valence-corrected chi connectivity index (χ3v) is 5.06. The number of nitrogens with zero attached hydrogens (tertiary/aromatic N) is 1. The fourth-order valence-corrected chi connectivity index (χ4v) is 3.37. The van der Waals surface area contributed by atoms with E-state index in [1.807, 2.05) is 29.2 Å². The van der Waals surface area contributed by atoms with E-state index in [1.54, 1.807) is 11.8 Å². The summed E-state index contributed by atoms with van der Waals surface area (Å²) >= 11 is 8.00. The number of nitrogens with one attached hydrogen (secondary N) is 1. The van der Waals surface area contributed by atoms with Crippen LogP contribution in [-0.4, -0.2) is 40.9 Å². The van der Waals surface area contributed by atoms with Gasteiger partial charge < -0.3 is 10.2 Å². The Morgan fingerprint density at radius 2 is 2.14 bits per heavy atom. The lowest BCUT2D eigenvalue weighted by molar-refractivity contribution is -0.131. The van der Waals surface area contributed by atoms with Gasteiger partial charge in [-0.3, -0.25) is 4.79 Å². The van der Waals surface area contributed by atoms with Gasteiger partial charge in [0.2, 0.25) is 5.91 Å². The predicted molar refractivity (Wildman–Crippen MR) is 91.0 cm³/mol. The van der Waals surface area contributed by atoms with Crippen LogP contribution in [0.15, 0.2) is 24.3 Å². The van der Waals surface area contributed by atoms with E-state index >= 15 is 0 Å². The molecule has 0 aromatic heterocycles. The molecule has 1 heterocycles. The average molecular weight is 327 g/mol. The van der Waals surface area contributed by atoms with E-state index in [2.05, 4.69) is 26.1 Å². The van der Waals surface area contributed by atoms with Gasteiger partial charge in [-0.1, -0.05) is 50.6 Å². The first kappa shape index (κ1) is 16.7. The summed E-state index contributed by atoms with van der Waals surface area (Å²) in [6.07, 6.45) is 0. The Bertz CT molecular complexity index is 501. The van der Waals surface area contributed by atoms with Gasteiger partial charge in [-0.15, -0.1) is 11.8 Å². The fraction of sp³-hybridized carbons (Fsp3) is 0.562. The van der Waals surface area contributed by atoms with Gasteiger partial charge >= 0.3 is 0 Å². The molecule has 1 aliphatic heterocycles. The highest BCUT2D eigenvalue weighted by molar-refractivity contribution is 8.01. The SMILES string of the molecule is CC(C)(C)SCC(=O)N1CCNCC1c1ccccc1Cl. The standard InChI is InChI=1S/C16H23ClN2OS/c1-16(2,3)21-11-15(20)19-9-8-18-10-14(19)12-6-4-5-7-13(12)17/h4-7,14,18H,8-11H2,1-3H3. The van der Waals surface area contributed by atoms with E-state index in [0.717, 1.165) is 30.2 Å². The van der Waals surface area contributed by atoms with Crippen LogP contribution in [0.2, 0.25) is 5.02 Å². The van der Waals surface area contributed by atoms with Gasteiger partial charge in [0.1, 0.15) is 0 Å². The minimum absolute atomic E-state index is 0.0283. The number of hydrogen-bond acceptors (Lipinski definition) is 3. The maximum absolute atomic E-state index is 12.6. The van der Waals surface area contributed by atoms with Gasteiger partial charge in [0, 0.05) is 29.4 Å². The summed E-state index contributed by atoms with van der Waals surface area (Å²) in [4.78, 5) is 14.5. The molecule has 0 saturated carbocycles. The third kappa shape index (κ3) is 4.63. The second kappa shape index (κ2) is 7.03. The summed E-state index contributed by atoms with van der Waals surface area (Å²) in [6.45, 7) is 8.73. The van der Waals surface area contributed by atoms with Crippen molar-refractivity contribution in [3.63, 3.8) is 0 Å². The molecule has 0 bridgehead atoms. The molecule has 116 valence electrons. The zero-order chi connectivity index (χ0) is 15.5. The van der Waals surface area contributed by atoms with Crippen LogP contribution in [0.1, 0.15) is 32.4 Å². The van der Waals surface area contributed by atoms with E-state index in [9.17, 15) is 4.79 Å². The van der Waals surface area contributed by atoms with Crippen molar-refractivity contribution in [1.29, 1.82) is 0 Å². The highest BCUT2D eigenvalue weighted by atomic mass is 35.5. The molecule has 0 aliphatic carbocycles. The average Bonchev–Trinajstić information content (AvgIpc) is 2.44. The Balaban J connectivity index is 2.12. The number of rotatable bonds is 3. The van der Waals surface area contributed by atoms with Gasteiger partial charge in [0.25, 0.3) is 0 Å². The van der Waals surface area contributed by atoms with Crippen LogP contribution in [0.4, 0.5) is 0 Å². The number of carbonyl (C=O) groups excluding carboxylic acids is 1. The number of thioether (sulfide) groups is 1. The van der Waals surface area contributed by atoms with Crippen LogP contribution in [0.3, 0.4) is 0 Å². The van der Waals surface area contributed by atoms with E-state index in [1.165, 1.54) is 0 Å². The predicted octanol–water partition coefficient (Wildman–Crippen LogP) is 3.34. The highest BCUT2D eigenvalue weighted by Crippen LogP contribution is 2.30. The topological polar surface area (TPSA) is 32.3 Å². The van der Waals surface area contributed by atoms with Crippen LogP contribution >= 0.6 is 23.4 Å². The molecule has 1 amide bonds. The Kier molecular flexibility index (Phi) is 5.58. The summed E-state index contributed by atoms with van der Waals surface area (Å²) in [7, 11) is 0. The first-order valence-corrected chi connectivity index (χ1v) is 8.63. The van der Waals surface area contributed by atoms with Crippen molar-refractivity contribution >= 4 is 29.3 Å². The van der Waals surface area contributed by atoms with Crippen LogP contribution in [0.25, 0.3) is 0 Å². The quantitative estimate of drug-likeness (QED) is 0.924. The van der Waals surface area contributed by atoms with Crippen molar-refractivity contribution in [2.45, 2.75) is 31.6 Å². The van der Waals surface area contributed by atoms with Gasteiger partial charge in [0.05, 0.1) is 11.8 Å². The largest absolute Gasteiger partial charge is 0.332 e. The molecule has 1 aromatic carbocycles. The molecule has 0 spiro atoms. The van der Waals surface area contributed by atoms with Gasteiger partial charge in [-0.25, -0.2) is 0 Å². The number of benzene rings is 1. The highest BCUT2D eigenvalue weighted by Gasteiger charge is 2.29. The molecule has 3 nitrogen and oxygen atoms in total. The zero-order valence-corrected chi connectivity index (χ0v) is 14.4. The molecule has 1 N–H and O–H groups in total. The molecule has 0 radical (unpaired) electrons. The van der Waals surface area contributed by atoms with Crippen LogP contribution in [0, 0.1) is 0 Å². The molecule has 1 saturated heterocycles. The minimum atomic E-state index is 0.0283. The van der Waals surface area contributed by atoms with E-state index in [0.29, 0.717) is 5.75 Å². The first-order valence-electron chi connectivity index (χ1n) is 7.27. The minimum Gasteiger partial charge on any atom is -0.332 e. The molecule has 1 fully saturated rings. The molecule has 1 unspecified atom stereocenters. The third-order valence-electron chi connectivity index (χ3n) is 3.46. The van der Waals surface area contributed by atoms with Crippen LogP contribution in [-0.2, 0) is 4.79 Å². The monoisotopic (exact) mass is 326 g/mol. The molecule has 1 atom stereocenters. The second-order valence-corrected chi connectivity index (χ2v) is 8.44.